The summed E-state index contributed by atoms with van der Waals surface area (Å²) in [5.41, 5.74) is 4.30. The largest absolute Gasteiger partial charge is 0.489 e. The monoisotopic (exact) mass is 500 g/mol. The second-order valence-corrected chi connectivity index (χ2v) is 9.37. The standard InChI is InChI=1S/C30H32N2O5/c1-19(2)28(32-23-11-9-22(10-12-23)30(35)31-16-15-27(33)34)29-20(3)25-17-24(13-14-26(25)37-29)36-18-21-7-5-4-6-8-21/h4-14,17,19,28,32H,15-16,18H2,1-3H3,(H,31,35)(H,33,34). The van der Waals surface area contributed by atoms with E-state index >= 15 is 0 Å². The molecule has 3 aromatic carbocycles. The van der Waals surface area contributed by atoms with Gasteiger partial charge in [-0.1, -0.05) is 44.2 Å². The molecule has 0 fully saturated rings. The van der Waals surface area contributed by atoms with E-state index in [4.69, 9.17) is 14.3 Å². The van der Waals surface area contributed by atoms with Crippen molar-refractivity contribution in [2.24, 2.45) is 5.92 Å². The number of ether oxygens (including phenoxy) is 1. The van der Waals surface area contributed by atoms with Gasteiger partial charge in [0.05, 0.1) is 12.5 Å². The first kappa shape index (κ1) is 25.8. The second-order valence-electron chi connectivity index (χ2n) is 9.37. The summed E-state index contributed by atoms with van der Waals surface area (Å²) in [4.78, 5) is 22.9. The van der Waals surface area contributed by atoms with Gasteiger partial charge < -0.3 is 24.9 Å². The summed E-state index contributed by atoms with van der Waals surface area (Å²) >= 11 is 0. The lowest BCUT2D eigenvalue weighted by Gasteiger charge is -2.22. The Labute approximate surface area is 216 Å². The van der Waals surface area contributed by atoms with Crippen LogP contribution in [0, 0.1) is 12.8 Å². The van der Waals surface area contributed by atoms with Crippen molar-refractivity contribution < 1.29 is 23.8 Å². The summed E-state index contributed by atoms with van der Waals surface area (Å²) in [6, 6.07) is 23.0. The maximum absolute atomic E-state index is 12.2. The molecule has 1 heterocycles. The summed E-state index contributed by atoms with van der Waals surface area (Å²) in [5.74, 6) is 0.633. The third-order valence-electron chi connectivity index (χ3n) is 6.24. The van der Waals surface area contributed by atoms with Crippen LogP contribution in [0.5, 0.6) is 5.75 Å². The van der Waals surface area contributed by atoms with E-state index in [9.17, 15) is 9.59 Å². The number of carboxylic acids is 1. The molecule has 4 aromatic rings. The third kappa shape index (κ3) is 6.50. The fourth-order valence-electron chi connectivity index (χ4n) is 4.16. The predicted molar refractivity (Wildman–Crippen MR) is 144 cm³/mol. The number of carboxylic acid groups (broad SMARTS) is 1. The van der Waals surface area contributed by atoms with Crippen molar-refractivity contribution in [2.45, 2.75) is 39.8 Å². The maximum atomic E-state index is 12.2. The van der Waals surface area contributed by atoms with Gasteiger partial charge in [0.2, 0.25) is 0 Å². The van der Waals surface area contributed by atoms with Crippen LogP contribution in [0.3, 0.4) is 0 Å². The quantitative estimate of drug-likeness (QED) is 0.222. The molecule has 7 nitrogen and oxygen atoms in total. The summed E-state index contributed by atoms with van der Waals surface area (Å²) in [6.07, 6.45) is -0.112. The number of amides is 1. The molecule has 192 valence electrons. The lowest BCUT2D eigenvalue weighted by atomic mass is 9.97. The number of anilines is 1. The van der Waals surface area contributed by atoms with Gasteiger partial charge in [0.1, 0.15) is 23.7 Å². The van der Waals surface area contributed by atoms with Gasteiger partial charge in [0, 0.05) is 28.7 Å². The molecule has 0 aliphatic heterocycles. The molecule has 0 saturated carbocycles. The van der Waals surface area contributed by atoms with E-state index in [0.29, 0.717) is 12.2 Å². The van der Waals surface area contributed by atoms with Crippen LogP contribution in [-0.2, 0) is 11.4 Å². The van der Waals surface area contributed by atoms with Gasteiger partial charge in [-0.3, -0.25) is 9.59 Å². The van der Waals surface area contributed by atoms with Gasteiger partial charge in [0.15, 0.2) is 0 Å². The van der Waals surface area contributed by atoms with Gasteiger partial charge in [-0.25, -0.2) is 0 Å². The molecule has 4 rings (SSSR count). The highest BCUT2D eigenvalue weighted by atomic mass is 16.5. The highest BCUT2D eigenvalue weighted by molar-refractivity contribution is 5.94. The Hall–Kier alpha value is -4.26. The molecule has 37 heavy (non-hydrogen) atoms. The Morgan fingerprint density at radius 3 is 2.41 bits per heavy atom. The van der Waals surface area contributed by atoms with Crippen LogP contribution in [0.15, 0.2) is 77.2 Å². The minimum Gasteiger partial charge on any atom is -0.489 e. The molecule has 1 aromatic heterocycles. The zero-order chi connectivity index (χ0) is 26.4. The smallest absolute Gasteiger partial charge is 0.305 e. The van der Waals surface area contributed by atoms with Crippen molar-refractivity contribution >= 4 is 28.5 Å². The first-order valence-corrected chi connectivity index (χ1v) is 12.4. The van der Waals surface area contributed by atoms with Crippen molar-refractivity contribution in [1.82, 2.24) is 5.32 Å². The van der Waals surface area contributed by atoms with Crippen LogP contribution >= 0.6 is 0 Å². The van der Waals surface area contributed by atoms with Crippen LogP contribution in [0.4, 0.5) is 5.69 Å². The lowest BCUT2D eigenvalue weighted by molar-refractivity contribution is -0.136. The van der Waals surface area contributed by atoms with E-state index in [1.54, 1.807) is 12.1 Å². The minimum absolute atomic E-state index is 0.0867. The molecule has 0 saturated heterocycles. The lowest BCUT2D eigenvalue weighted by Crippen LogP contribution is -2.26. The average Bonchev–Trinajstić information content (AvgIpc) is 3.21. The summed E-state index contributed by atoms with van der Waals surface area (Å²) < 4.78 is 12.3. The van der Waals surface area contributed by atoms with Crippen LogP contribution < -0.4 is 15.4 Å². The van der Waals surface area contributed by atoms with Crippen LogP contribution in [-0.4, -0.2) is 23.5 Å². The molecule has 0 radical (unpaired) electrons. The minimum atomic E-state index is -0.948. The van der Waals surface area contributed by atoms with Gasteiger partial charge in [-0.05, 0) is 60.9 Å². The zero-order valence-electron chi connectivity index (χ0n) is 21.3. The van der Waals surface area contributed by atoms with Crippen LogP contribution in [0.2, 0.25) is 0 Å². The first-order valence-electron chi connectivity index (χ1n) is 12.4. The number of aliphatic carboxylic acids is 1. The Morgan fingerprint density at radius 2 is 1.73 bits per heavy atom. The highest BCUT2D eigenvalue weighted by Crippen LogP contribution is 2.36. The summed E-state index contributed by atoms with van der Waals surface area (Å²) in [5, 5.41) is 15.9. The zero-order valence-corrected chi connectivity index (χ0v) is 21.3. The van der Waals surface area contributed by atoms with Gasteiger partial charge >= 0.3 is 5.97 Å². The van der Waals surface area contributed by atoms with Crippen molar-refractivity contribution in [1.29, 1.82) is 0 Å². The van der Waals surface area contributed by atoms with E-state index in [-0.39, 0.29) is 30.8 Å². The maximum Gasteiger partial charge on any atom is 0.305 e. The first-order chi connectivity index (χ1) is 17.8. The fraction of sp³-hybridized carbons (Fsp3) is 0.267. The number of benzene rings is 3. The molecule has 0 bridgehead atoms. The average molecular weight is 501 g/mol. The summed E-state index contributed by atoms with van der Waals surface area (Å²) in [7, 11) is 0. The number of hydrogen-bond donors (Lipinski definition) is 3. The van der Waals surface area contributed by atoms with Gasteiger partial charge in [-0.15, -0.1) is 0 Å². The molecule has 1 atom stereocenters. The molecule has 0 aliphatic rings. The molecule has 0 aliphatic carbocycles. The van der Waals surface area contributed by atoms with Crippen molar-refractivity contribution in [2.75, 3.05) is 11.9 Å². The highest BCUT2D eigenvalue weighted by Gasteiger charge is 2.24. The van der Waals surface area contributed by atoms with Crippen molar-refractivity contribution in [3.05, 3.63) is 95.2 Å². The number of carbonyl (C=O) groups excluding carboxylic acids is 1. The number of nitrogens with one attached hydrogen (secondary N) is 2. The SMILES string of the molecule is Cc1c(C(Nc2ccc(C(=O)NCCC(=O)O)cc2)C(C)C)oc2ccc(OCc3ccccc3)cc12. The second kappa shape index (κ2) is 11.6. The fourth-order valence-corrected chi connectivity index (χ4v) is 4.16. The van der Waals surface area contributed by atoms with Crippen molar-refractivity contribution in [3.8, 4) is 5.75 Å². The number of fused-ring (bicyclic) bond motifs is 1. The molecule has 7 heteroatoms. The number of carbonyl (C=O) groups is 2. The van der Waals surface area contributed by atoms with E-state index in [2.05, 4.69) is 31.4 Å². The van der Waals surface area contributed by atoms with Crippen molar-refractivity contribution in [3.63, 3.8) is 0 Å². The third-order valence-corrected chi connectivity index (χ3v) is 6.24. The van der Waals surface area contributed by atoms with Crippen LogP contribution in [0.25, 0.3) is 11.0 Å². The van der Waals surface area contributed by atoms with Gasteiger partial charge in [-0.2, -0.15) is 0 Å². The molecular weight excluding hydrogens is 468 g/mol. The number of furan rings is 1. The Balaban J connectivity index is 1.48. The molecule has 1 amide bonds. The summed E-state index contributed by atoms with van der Waals surface area (Å²) in [6.45, 7) is 6.91. The van der Waals surface area contributed by atoms with Crippen LogP contribution in [0.1, 0.15) is 53.6 Å². The Kier molecular flexibility index (Phi) is 8.13. The molecular formula is C30H32N2O5. The molecule has 1 unspecified atom stereocenters. The predicted octanol–water partition coefficient (Wildman–Crippen LogP) is 6.33. The van der Waals surface area contributed by atoms with E-state index < -0.39 is 5.97 Å². The van der Waals surface area contributed by atoms with Gasteiger partial charge in [0.25, 0.3) is 5.91 Å². The number of rotatable bonds is 11. The Bertz CT molecular complexity index is 1360. The Morgan fingerprint density at radius 1 is 1.00 bits per heavy atom. The van der Waals surface area contributed by atoms with E-state index in [1.165, 1.54) is 0 Å². The van der Waals surface area contributed by atoms with E-state index in [1.807, 2.05) is 60.7 Å². The topological polar surface area (TPSA) is 101 Å². The molecule has 0 spiro atoms. The van der Waals surface area contributed by atoms with E-state index in [0.717, 1.165) is 39.3 Å². The number of hydrogen-bond acceptors (Lipinski definition) is 5. The number of aryl methyl sites for hydroxylation is 1. The normalized spacial score (nSPS) is 11.9. The molecule has 3 N–H and O–H groups in total.